The second kappa shape index (κ2) is 5.55. The first-order chi connectivity index (χ1) is 9.82. The van der Waals surface area contributed by atoms with Crippen LogP contribution in [0.3, 0.4) is 0 Å². The molecule has 0 aliphatic carbocycles. The Morgan fingerprint density at radius 1 is 1.29 bits per heavy atom. The summed E-state index contributed by atoms with van der Waals surface area (Å²) in [7, 11) is 1.53. The first-order valence-electron chi connectivity index (χ1n) is 6.05. The standard InChI is InChI=1S/C13H12F3N3O2/c1-7(11(20)17-2)8-3-5-9(6-4-8)10-18-12(21-19-10)13(14,15)16/h3-7H,1-2H3,(H,17,20). The molecule has 0 aliphatic heterocycles. The molecule has 1 heterocycles. The van der Waals surface area contributed by atoms with Crippen molar-refractivity contribution in [2.75, 3.05) is 7.05 Å². The molecule has 112 valence electrons. The molecular formula is C13H12F3N3O2. The van der Waals surface area contributed by atoms with E-state index >= 15 is 0 Å². The van der Waals surface area contributed by atoms with Crippen LogP contribution in [0, 0.1) is 0 Å². The van der Waals surface area contributed by atoms with E-state index < -0.39 is 12.1 Å². The Balaban J connectivity index is 2.23. The summed E-state index contributed by atoms with van der Waals surface area (Å²) < 4.78 is 41.3. The topological polar surface area (TPSA) is 68.0 Å². The highest BCUT2D eigenvalue weighted by molar-refractivity contribution is 5.83. The molecule has 1 N–H and O–H groups in total. The predicted molar refractivity (Wildman–Crippen MR) is 67.2 cm³/mol. The van der Waals surface area contributed by atoms with Crippen LogP contribution in [-0.4, -0.2) is 23.1 Å². The molecule has 8 heteroatoms. The molecule has 1 aromatic heterocycles. The lowest BCUT2D eigenvalue weighted by Crippen LogP contribution is -2.23. The molecule has 0 saturated heterocycles. The summed E-state index contributed by atoms with van der Waals surface area (Å²) in [4.78, 5) is 14.8. The lowest BCUT2D eigenvalue weighted by molar-refractivity contribution is -0.159. The highest BCUT2D eigenvalue weighted by Crippen LogP contribution is 2.29. The zero-order chi connectivity index (χ0) is 15.6. The van der Waals surface area contributed by atoms with Gasteiger partial charge in [0.15, 0.2) is 0 Å². The van der Waals surface area contributed by atoms with Crippen molar-refractivity contribution in [3.05, 3.63) is 35.7 Å². The van der Waals surface area contributed by atoms with E-state index in [0.717, 1.165) is 5.56 Å². The van der Waals surface area contributed by atoms with Gasteiger partial charge in [-0.1, -0.05) is 29.4 Å². The van der Waals surface area contributed by atoms with Gasteiger partial charge in [-0.05, 0) is 12.5 Å². The van der Waals surface area contributed by atoms with Crippen LogP contribution in [0.25, 0.3) is 11.4 Å². The summed E-state index contributed by atoms with van der Waals surface area (Å²) in [6.07, 6.45) is -4.67. The summed E-state index contributed by atoms with van der Waals surface area (Å²) >= 11 is 0. The minimum atomic E-state index is -4.67. The van der Waals surface area contributed by atoms with Gasteiger partial charge < -0.3 is 9.84 Å². The van der Waals surface area contributed by atoms with Gasteiger partial charge in [0.25, 0.3) is 0 Å². The molecule has 1 aromatic carbocycles. The van der Waals surface area contributed by atoms with Crippen LogP contribution in [-0.2, 0) is 11.0 Å². The van der Waals surface area contributed by atoms with Crippen LogP contribution in [0.1, 0.15) is 24.3 Å². The molecule has 0 saturated carbocycles. The van der Waals surface area contributed by atoms with Crippen molar-refractivity contribution in [3.63, 3.8) is 0 Å². The summed E-state index contributed by atoms with van der Waals surface area (Å²) in [6.45, 7) is 1.73. The first kappa shape index (κ1) is 15.0. The third-order valence-corrected chi connectivity index (χ3v) is 2.98. The number of aromatic nitrogens is 2. The summed E-state index contributed by atoms with van der Waals surface area (Å²) in [5, 5.41) is 5.82. The number of nitrogens with zero attached hydrogens (tertiary/aromatic N) is 2. The lowest BCUT2D eigenvalue weighted by atomic mass is 9.99. The SMILES string of the molecule is CNC(=O)C(C)c1ccc(-c2noc(C(F)(F)F)n2)cc1. The molecule has 1 unspecified atom stereocenters. The number of hydrogen-bond acceptors (Lipinski definition) is 4. The van der Waals surface area contributed by atoms with Crippen molar-refractivity contribution < 1.29 is 22.5 Å². The molecule has 0 aliphatic rings. The fourth-order valence-electron chi connectivity index (χ4n) is 1.74. The fourth-order valence-corrected chi connectivity index (χ4v) is 1.74. The molecule has 1 atom stereocenters. The van der Waals surface area contributed by atoms with Gasteiger partial charge in [-0.15, -0.1) is 0 Å². The number of rotatable bonds is 3. The van der Waals surface area contributed by atoms with Crippen LogP contribution in [0.2, 0.25) is 0 Å². The number of halogens is 3. The van der Waals surface area contributed by atoms with Gasteiger partial charge in [0.2, 0.25) is 11.7 Å². The number of carbonyl (C=O) groups is 1. The van der Waals surface area contributed by atoms with Crippen molar-refractivity contribution >= 4 is 5.91 Å². The van der Waals surface area contributed by atoms with Crippen LogP contribution in [0.15, 0.2) is 28.8 Å². The molecule has 0 radical (unpaired) electrons. The molecular weight excluding hydrogens is 287 g/mol. The zero-order valence-electron chi connectivity index (χ0n) is 11.2. The van der Waals surface area contributed by atoms with Crippen molar-refractivity contribution in [1.29, 1.82) is 0 Å². The van der Waals surface area contributed by atoms with Crippen LogP contribution in [0.5, 0.6) is 0 Å². The van der Waals surface area contributed by atoms with E-state index in [2.05, 4.69) is 20.0 Å². The Hall–Kier alpha value is -2.38. The van der Waals surface area contributed by atoms with E-state index in [4.69, 9.17) is 0 Å². The maximum absolute atomic E-state index is 12.4. The summed E-state index contributed by atoms with van der Waals surface area (Å²) in [5.41, 5.74) is 1.11. The van der Waals surface area contributed by atoms with Gasteiger partial charge in [0.05, 0.1) is 5.92 Å². The second-order valence-electron chi connectivity index (χ2n) is 4.38. The van der Waals surface area contributed by atoms with E-state index in [9.17, 15) is 18.0 Å². The summed E-state index contributed by atoms with van der Waals surface area (Å²) in [5.74, 6) is -2.05. The Morgan fingerprint density at radius 2 is 1.90 bits per heavy atom. The Bertz CT molecular complexity index is 635. The van der Waals surface area contributed by atoms with Crippen molar-refractivity contribution in [2.45, 2.75) is 19.0 Å². The number of carbonyl (C=O) groups excluding carboxylic acids is 1. The van der Waals surface area contributed by atoms with Crippen LogP contribution < -0.4 is 5.32 Å². The molecule has 0 bridgehead atoms. The number of likely N-dealkylation sites (N-methyl/N-ethyl adjacent to an activating group) is 1. The van der Waals surface area contributed by atoms with Crippen molar-refractivity contribution in [2.24, 2.45) is 0 Å². The molecule has 21 heavy (non-hydrogen) atoms. The van der Waals surface area contributed by atoms with Gasteiger partial charge in [-0.3, -0.25) is 4.79 Å². The minimum Gasteiger partial charge on any atom is -0.359 e. The van der Waals surface area contributed by atoms with Gasteiger partial charge in [0.1, 0.15) is 0 Å². The Labute approximate surface area is 118 Å². The van der Waals surface area contributed by atoms with Gasteiger partial charge >= 0.3 is 12.1 Å². The van der Waals surface area contributed by atoms with E-state index in [-0.39, 0.29) is 17.6 Å². The number of amides is 1. The minimum absolute atomic E-state index is 0.151. The highest BCUT2D eigenvalue weighted by Gasteiger charge is 2.38. The molecule has 0 spiro atoms. The number of alkyl halides is 3. The highest BCUT2D eigenvalue weighted by atomic mass is 19.4. The average molecular weight is 299 g/mol. The number of benzene rings is 1. The van der Waals surface area contributed by atoms with Crippen LogP contribution >= 0.6 is 0 Å². The molecule has 5 nitrogen and oxygen atoms in total. The van der Waals surface area contributed by atoms with E-state index in [1.807, 2.05) is 0 Å². The molecule has 2 aromatic rings. The maximum Gasteiger partial charge on any atom is 0.471 e. The average Bonchev–Trinajstić information content (AvgIpc) is 2.95. The fraction of sp³-hybridized carbons (Fsp3) is 0.308. The number of hydrogen-bond donors (Lipinski definition) is 1. The smallest absolute Gasteiger partial charge is 0.359 e. The van der Waals surface area contributed by atoms with Crippen molar-refractivity contribution in [3.8, 4) is 11.4 Å². The largest absolute Gasteiger partial charge is 0.471 e. The molecule has 0 fully saturated rings. The maximum atomic E-state index is 12.4. The third-order valence-electron chi connectivity index (χ3n) is 2.98. The van der Waals surface area contributed by atoms with Gasteiger partial charge in [0, 0.05) is 12.6 Å². The summed E-state index contributed by atoms with van der Waals surface area (Å²) in [6, 6.07) is 6.36. The van der Waals surface area contributed by atoms with Crippen LogP contribution in [0.4, 0.5) is 13.2 Å². The second-order valence-corrected chi connectivity index (χ2v) is 4.38. The third kappa shape index (κ3) is 3.21. The van der Waals surface area contributed by atoms with E-state index in [1.165, 1.54) is 7.05 Å². The molecule has 2 rings (SSSR count). The van der Waals surface area contributed by atoms with E-state index in [0.29, 0.717) is 5.56 Å². The quantitative estimate of drug-likeness (QED) is 0.946. The first-order valence-corrected chi connectivity index (χ1v) is 6.05. The van der Waals surface area contributed by atoms with Crippen molar-refractivity contribution in [1.82, 2.24) is 15.5 Å². The predicted octanol–water partition coefficient (Wildman–Crippen LogP) is 2.60. The zero-order valence-corrected chi connectivity index (χ0v) is 11.2. The Morgan fingerprint density at radius 3 is 2.38 bits per heavy atom. The Kier molecular flexibility index (Phi) is 3.97. The monoisotopic (exact) mass is 299 g/mol. The number of nitrogens with one attached hydrogen (secondary N) is 1. The normalized spacial score (nSPS) is 13.0. The van der Waals surface area contributed by atoms with E-state index in [1.54, 1.807) is 31.2 Å². The van der Waals surface area contributed by atoms with Gasteiger partial charge in [-0.2, -0.15) is 18.2 Å². The lowest BCUT2D eigenvalue weighted by Gasteiger charge is -2.10. The molecule has 1 amide bonds. The van der Waals surface area contributed by atoms with Gasteiger partial charge in [-0.25, -0.2) is 0 Å².